The number of hydrogen-bond donors (Lipinski definition) is 2. The second-order valence-corrected chi connectivity index (χ2v) is 5.95. The predicted molar refractivity (Wildman–Crippen MR) is 103 cm³/mol. The minimum absolute atomic E-state index is 0.180. The van der Waals surface area contributed by atoms with Crippen molar-refractivity contribution in [2.45, 2.75) is 6.54 Å². The van der Waals surface area contributed by atoms with Gasteiger partial charge in [-0.2, -0.15) is 0 Å². The third-order valence-electron chi connectivity index (χ3n) is 4.15. The Labute approximate surface area is 161 Å². The summed E-state index contributed by atoms with van der Waals surface area (Å²) in [5.74, 6) is 2.03. The summed E-state index contributed by atoms with van der Waals surface area (Å²) < 4.78 is 15.9. The van der Waals surface area contributed by atoms with Crippen molar-refractivity contribution in [3.63, 3.8) is 0 Å². The van der Waals surface area contributed by atoms with E-state index in [0.717, 1.165) is 11.3 Å². The monoisotopic (exact) mass is 378 g/mol. The number of amides is 1. The van der Waals surface area contributed by atoms with E-state index >= 15 is 0 Å². The zero-order valence-electron chi connectivity index (χ0n) is 15.1. The highest BCUT2D eigenvalue weighted by Gasteiger charge is 2.15. The highest BCUT2D eigenvalue weighted by atomic mass is 16.7. The van der Waals surface area contributed by atoms with Crippen LogP contribution in [0.5, 0.6) is 17.2 Å². The number of rotatable bonds is 6. The molecule has 3 aromatic rings. The van der Waals surface area contributed by atoms with E-state index < -0.39 is 0 Å². The molecule has 2 aromatic carbocycles. The van der Waals surface area contributed by atoms with Crippen LogP contribution in [0, 0.1) is 0 Å². The SMILES string of the molecule is COc1ccccc1CNc1nccc(C(=O)Nc2ccc3c(c2)OCO3)n1. The van der Waals surface area contributed by atoms with Crippen LogP contribution in [0.3, 0.4) is 0 Å². The zero-order chi connectivity index (χ0) is 19.3. The Morgan fingerprint density at radius 3 is 2.89 bits per heavy atom. The lowest BCUT2D eigenvalue weighted by Crippen LogP contribution is -2.15. The Morgan fingerprint density at radius 2 is 2.00 bits per heavy atom. The van der Waals surface area contributed by atoms with Crippen LogP contribution in [0.25, 0.3) is 0 Å². The number of carbonyl (C=O) groups excluding carboxylic acids is 1. The molecule has 1 aromatic heterocycles. The number of ether oxygens (including phenoxy) is 3. The maximum atomic E-state index is 12.5. The minimum atomic E-state index is -0.346. The van der Waals surface area contributed by atoms with E-state index in [4.69, 9.17) is 14.2 Å². The molecule has 0 aliphatic carbocycles. The predicted octanol–water partition coefficient (Wildman–Crippen LogP) is 3.08. The van der Waals surface area contributed by atoms with Crippen LogP contribution in [0.2, 0.25) is 0 Å². The minimum Gasteiger partial charge on any atom is -0.496 e. The molecule has 8 nitrogen and oxygen atoms in total. The highest BCUT2D eigenvalue weighted by Crippen LogP contribution is 2.34. The summed E-state index contributed by atoms with van der Waals surface area (Å²) in [7, 11) is 1.62. The maximum absolute atomic E-state index is 12.5. The van der Waals surface area contributed by atoms with E-state index in [1.165, 1.54) is 6.20 Å². The number of para-hydroxylation sites is 1. The third kappa shape index (κ3) is 3.80. The van der Waals surface area contributed by atoms with Gasteiger partial charge in [0.25, 0.3) is 5.91 Å². The normalized spacial score (nSPS) is 11.8. The van der Waals surface area contributed by atoms with Crippen molar-refractivity contribution < 1.29 is 19.0 Å². The number of hydrogen-bond acceptors (Lipinski definition) is 7. The van der Waals surface area contributed by atoms with Gasteiger partial charge in [-0.1, -0.05) is 18.2 Å². The van der Waals surface area contributed by atoms with Crippen molar-refractivity contribution >= 4 is 17.5 Å². The number of fused-ring (bicyclic) bond motifs is 1. The summed E-state index contributed by atoms with van der Waals surface area (Å²) in [6.45, 7) is 0.650. The summed E-state index contributed by atoms with van der Waals surface area (Å²) in [5, 5.41) is 5.90. The molecule has 28 heavy (non-hydrogen) atoms. The van der Waals surface area contributed by atoms with Crippen LogP contribution in [-0.2, 0) is 6.54 Å². The molecule has 2 N–H and O–H groups in total. The van der Waals surface area contributed by atoms with Gasteiger partial charge in [0.1, 0.15) is 11.4 Å². The fraction of sp³-hybridized carbons (Fsp3) is 0.150. The smallest absolute Gasteiger partial charge is 0.274 e. The molecule has 2 heterocycles. The quantitative estimate of drug-likeness (QED) is 0.681. The number of aromatic nitrogens is 2. The highest BCUT2D eigenvalue weighted by molar-refractivity contribution is 6.03. The molecule has 0 atom stereocenters. The van der Waals surface area contributed by atoms with Crippen molar-refractivity contribution in [1.29, 1.82) is 0 Å². The summed E-state index contributed by atoms with van der Waals surface area (Å²) >= 11 is 0. The first kappa shape index (κ1) is 17.6. The fourth-order valence-corrected chi connectivity index (χ4v) is 2.76. The van der Waals surface area contributed by atoms with Gasteiger partial charge in [0.15, 0.2) is 11.5 Å². The van der Waals surface area contributed by atoms with Crippen LogP contribution >= 0.6 is 0 Å². The van der Waals surface area contributed by atoms with Gasteiger partial charge in [0.05, 0.1) is 7.11 Å². The van der Waals surface area contributed by atoms with Gasteiger partial charge in [-0.05, 0) is 24.3 Å². The number of anilines is 2. The molecular weight excluding hydrogens is 360 g/mol. The lowest BCUT2D eigenvalue weighted by atomic mass is 10.2. The van der Waals surface area contributed by atoms with Crippen LogP contribution in [0.15, 0.2) is 54.7 Å². The standard InChI is InChI=1S/C20H18N4O4/c1-26-16-5-3-2-4-13(16)11-22-20-21-9-8-15(24-20)19(25)23-14-6-7-17-18(10-14)28-12-27-17/h2-10H,11-12H2,1H3,(H,23,25)(H,21,22,24). The van der Waals surface area contributed by atoms with Gasteiger partial charge in [-0.25, -0.2) is 9.97 Å². The molecule has 1 aliphatic heterocycles. The summed E-state index contributed by atoms with van der Waals surface area (Å²) in [5.41, 5.74) is 1.80. The average molecular weight is 378 g/mol. The lowest BCUT2D eigenvalue weighted by Gasteiger charge is -2.10. The average Bonchev–Trinajstić information content (AvgIpc) is 3.20. The molecule has 0 saturated heterocycles. The summed E-state index contributed by atoms with van der Waals surface area (Å²) in [6, 6.07) is 14.4. The summed E-state index contributed by atoms with van der Waals surface area (Å²) in [4.78, 5) is 21.0. The molecule has 4 rings (SSSR count). The van der Waals surface area contributed by atoms with Crippen LogP contribution in [0.4, 0.5) is 11.6 Å². The van der Waals surface area contributed by atoms with Gasteiger partial charge in [-0.15, -0.1) is 0 Å². The van der Waals surface area contributed by atoms with Gasteiger partial charge in [-0.3, -0.25) is 4.79 Å². The van der Waals surface area contributed by atoms with E-state index in [1.54, 1.807) is 31.4 Å². The van der Waals surface area contributed by atoms with Crippen molar-refractivity contribution in [2.24, 2.45) is 0 Å². The van der Waals surface area contributed by atoms with Crippen molar-refractivity contribution in [1.82, 2.24) is 9.97 Å². The Bertz CT molecular complexity index is 1010. The molecule has 1 aliphatic rings. The fourth-order valence-electron chi connectivity index (χ4n) is 2.76. The molecule has 0 spiro atoms. The van der Waals surface area contributed by atoms with Gasteiger partial charge < -0.3 is 24.8 Å². The van der Waals surface area contributed by atoms with Gasteiger partial charge in [0, 0.05) is 30.1 Å². The maximum Gasteiger partial charge on any atom is 0.274 e. The van der Waals surface area contributed by atoms with Crippen molar-refractivity contribution in [3.8, 4) is 17.2 Å². The van der Waals surface area contributed by atoms with Gasteiger partial charge in [0.2, 0.25) is 12.7 Å². The molecule has 0 saturated carbocycles. The molecule has 0 unspecified atom stereocenters. The number of nitrogens with one attached hydrogen (secondary N) is 2. The van der Waals surface area contributed by atoms with Crippen LogP contribution in [-0.4, -0.2) is 29.8 Å². The molecule has 142 valence electrons. The number of benzene rings is 2. The largest absolute Gasteiger partial charge is 0.496 e. The first-order chi connectivity index (χ1) is 13.7. The topological polar surface area (TPSA) is 94.6 Å². The zero-order valence-corrected chi connectivity index (χ0v) is 15.1. The van der Waals surface area contributed by atoms with Crippen LogP contribution < -0.4 is 24.8 Å². The molecule has 0 radical (unpaired) electrons. The van der Waals surface area contributed by atoms with Crippen LogP contribution in [0.1, 0.15) is 16.1 Å². The summed E-state index contributed by atoms with van der Waals surface area (Å²) in [6.07, 6.45) is 1.53. The first-order valence-corrected chi connectivity index (χ1v) is 8.63. The van der Waals surface area contributed by atoms with E-state index in [9.17, 15) is 4.79 Å². The second-order valence-electron chi connectivity index (χ2n) is 5.95. The van der Waals surface area contributed by atoms with E-state index in [2.05, 4.69) is 20.6 Å². The molecule has 8 heteroatoms. The number of methoxy groups -OCH3 is 1. The molecular formula is C20H18N4O4. The van der Waals surface area contributed by atoms with E-state index in [1.807, 2.05) is 24.3 Å². The van der Waals surface area contributed by atoms with E-state index in [0.29, 0.717) is 29.7 Å². The number of nitrogens with zero attached hydrogens (tertiary/aromatic N) is 2. The molecule has 1 amide bonds. The van der Waals surface area contributed by atoms with Gasteiger partial charge >= 0.3 is 0 Å². The van der Waals surface area contributed by atoms with Crippen molar-refractivity contribution in [2.75, 3.05) is 24.5 Å². The number of carbonyl (C=O) groups is 1. The lowest BCUT2D eigenvalue weighted by molar-refractivity contribution is 0.102. The Kier molecular flexibility index (Phi) is 4.92. The molecule has 0 fully saturated rings. The Balaban J connectivity index is 1.43. The van der Waals surface area contributed by atoms with Crippen molar-refractivity contribution in [3.05, 3.63) is 66.0 Å². The Morgan fingerprint density at radius 1 is 1.14 bits per heavy atom. The first-order valence-electron chi connectivity index (χ1n) is 8.63. The third-order valence-corrected chi connectivity index (χ3v) is 4.15. The van der Waals surface area contributed by atoms with E-state index in [-0.39, 0.29) is 18.4 Å². The Hall–Kier alpha value is -3.81. The second kappa shape index (κ2) is 7.83. The molecule has 0 bridgehead atoms.